The standard InChI is InChI=1S/C15H22BN2O3P/c1-3-13(21-22)14(20-16)9-11(2)15(19)18-8-7-17-6-4-5-12(17)10-18/h3,9,12H,2,4-8,10,22H2,1H3/b13-3+,14-9+/t12-/m0/s1. The minimum atomic E-state index is -0.0830. The van der Waals surface area contributed by atoms with E-state index in [2.05, 4.69) is 20.9 Å². The third kappa shape index (κ3) is 3.74. The Morgan fingerprint density at radius 2 is 2.14 bits per heavy atom. The van der Waals surface area contributed by atoms with Crippen molar-refractivity contribution in [1.82, 2.24) is 9.80 Å². The van der Waals surface area contributed by atoms with Crippen molar-refractivity contribution in [3.05, 3.63) is 35.8 Å². The zero-order chi connectivity index (χ0) is 16.1. The van der Waals surface area contributed by atoms with E-state index in [1.54, 1.807) is 13.0 Å². The number of allylic oxidation sites excluding steroid dienone is 1. The summed E-state index contributed by atoms with van der Waals surface area (Å²) in [5.74, 6) is 0.623. The van der Waals surface area contributed by atoms with Gasteiger partial charge in [0.2, 0.25) is 0 Å². The number of hydrogen-bond donors (Lipinski definition) is 0. The van der Waals surface area contributed by atoms with Gasteiger partial charge in [-0.05, 0) is 38.5 Å². The summed E-state index contributed by atoms with van der Waals surface area (Å²) in [5.41, 5.74) is 0.341. The van der Waals surface area contributed by atoms with Crippen LogP contribution in [0.2, 0.25) is 0 Å². The fourth-order valence-electron chi connectivity index (χ4n) is 3.03. The Kier molecular flexibility index (Phi) is 6.10. The van der Waals surface area contributed by atoms with Crippen molar-refractivity contribution in [2.45, 2.75) is 25.8 Å². The molecule has 118 valence electrons. The van der Waals surface area contributed by atoms with Gasteiger partial charge >= 0.3 is 8.05 Å². The molecule has 0 N–H and O–H groups in total. The molecule has 1 amide bonds. The maximum absolute atomic E-state index is 12.5. The van der Waals surface area contributed by atoms with Gasteiger partial charge in [-0.1, -0.05) is 6.58 Å². The molecule has 0 saturated carbocycles. The lowest BCUT2D eigenvalue weighted by atomic mass is 10.1. The average molecular weight is 320 g/mol. The predicted octanol–water partition coefficient (Wildman–Crippen LogP) is 1.54. The first-order valence-electron chi connectivity index (χ1n) is 7.44. The molecule has 0 aromatic rings. The predicted molar refractivity (Wildman–Crippen MR) is 89.8 cm³/mol. The van der Waals surface area contributed by atoms with Gasteiger partial charge < -0.3 is 14.1 Å². The highest BCUT2D eigenvalue weighted by molar-refractivity contribution is 7.10. The van der Waals surface area contributed by atoms with Crippen molar-refractivity contribution >= 4 is 23.4 Å². The summed E-state index contributed by atoms with van der Waals surface area (Å²) in [6.07, 6.45) is 5.59. The van der Waals surface area contributed by atoms with Gasteiger partial charge in [-0.3, -0.25) is 9.69 Å². The summed E-state index contributed by atoms with van der Waals surface area (Å²) in [6.45, 7) is 9.22. The van der Waals surface area contributed by atoms with E-state index in [1.807, 2.05) is 4.90 Å². The molecule has 2 fully saturated rings. The summed E-state index contributed by atoms with van der Waals surface area (Å²) in [6, 6.07) is 0.487. The van der Waals surface area contributed by atoms with E-state index in [9.17, 15) is 4.79 Å². The Balaban J connectivity index is 2.03. The molecule has 5 nitrogen and oxygen atoms in total. The number of carbonyl (C=O) groups is 1. The minimum Gasteiger partial charge on any atom is -0.565 e. The molecule has 2 aliphatic rings. The van der Waals surface area contributed by atoms with E-state index in [0.717, 1.165) is 32.6 Å². The summed E-state index contributed by atoms with van der Waals surface area (Å²) in [5, 5.41) is 0. The highest BCUT2D eigenvalue weighted by Crippen LogP contribution is 2.23. The minimum absolute atomic E-state index is 0.0830. The number of hydrogen-bond acceptors (Lipinski definition) is 4. The number of fused-ring (bicyclic) bond motifs is 1. The van der Waals surface area contributed by atoms with Gasteiger partial charge in [-0.15, -0.1) is 0 Å². The van der Waals surface area contributed by atoms with Crippen LogP contribution in [-0.4, -0.2) is 56.0 Å². The SMILES string of the molecule is [B]OC(=C/C(=C)C(=O)N1CCN2CCC[C@H]2C1)/C(=C\C)OP. The fourth-order valence-corrected chi connectivity index (χ4v) is 3.28. The molecule has 2 atom stereocenters. The lowest BCUT2D eigenvalue weighted by Crippen LogP contribution is -2.52. The number of carbonyl (C=O) groups excluding carboxylic acids is 1. The van der Waals surface area contributed by atoms with E-state index in [0.29, 0.717) is 17.4 Å². The summed E-state index contributed by atoms with van der Waals surface area (Å²) in [4.78, 5) is 16.9. The first kappa shape index (κ1) is 17.1. The van der Waals surface area contributed by atoms with Crippen molar-refractivity contribution in [1.29, 1.82) is 0 Å². The third-order valence-corrected chi connectivity index (χ3v) is 4.47. The van der Waals surface area contributed by atoms with Crippen LogP contribution in [0, 0.1) is 0 Å². The van der Waals surface area contributed by atoms with E-state index < -0.39 is 0 Å². The molecular weight excluding hydrogens is 298 g/mol. The van der Waals surface area contributed by atoms with Crippen molar-refractivity contribution < 1.29 is 14.0 Å². The molecule has 2 rings (SSSR count). The molecule has 0 spiro atoms. The Bertz CT molecular complexity index is 507. The zero-order valence-electron chi connectivity index (χ0n) is 13.0. The molecule has 22 heavy (non-hydrogen) atoms. The smallest absolute Gasteiger partial charge is 0.374 e. The highest BCUT2D eigenvalue weighted by atomic mass is 31.0. The van der Waals surface area contributed by atoms with E-state index in [4.69, 9.17) is 17.2 Å². The van der Waals surface area contributed by atoms with Crippen LogP contribution >= 0.6 is 9.47 Å². The Labute approximate surface area is 135 Å². The quantitative estimate of drug-likeness (QED) is 0.253. The molecule has 0 bridgehead atoms. The van der Waals surface area contributed by atoms with Gasteiger partial charge in [0.15, 0.2) is 5.76 Å². The van der Waals surface area contributed by atoms with Crippen LogP contribution in [0.15, 0.2) is 35.8 Å². The van der Waals surface area contributed by atoms with Crippen molar-refractivity contribution in [2.24, 2.45) is 0 Å². The van der Waals surface area contributed by atoms with Crippen molar-refractivity contribution in [3.8, 4) is 0 Å². The lowest BCUT2D eigenvalue weighted by molar-refractivity contribution is -0.129. The first-order chi connectivity index (χ1) is 10.6. The van der Waals surface area contributed by atoms with E-state index in [-0.39, 0.29) is 11.7 Å². The monoisotopic (exact) mass is 320 g/mol. The Hall–Kier alpha value is -1.26. The van der Waals surface area contributed by atoms with E-state index in [1.165, 1.54) is 12.5 Å². The van der Waals surface area contributed by atoms with Crippen LogP contribution in [0.4, 0.5) is 0 Å². The molecular formula is C15H22BN2O3P. The molecule has 2 heterocycles. The third-order valence-electron chi connectivity index (χ3n) is 4.21. The molecule has 0 aliphatic carbocycles. The molecule has 2 aliphatic heterocycles. The topological polar surface area (TPSA) is 42.0 Å². The van der Waals surface area contributed by atoms with Crippen LogP contribution in [-0.2, 0) is 14.0 Å². The Morgan fingerprint density at radius 3 is 2.77 bits per heavy atom. The highest BCUT2D eigenvalue weighted by Gasteiger charge is 2.32. The Morgan fingerprint density at radius 1 is 1.36 bits per heavy atom. The van der Waals surface area contributed by atoms with Gasteiger partial charge in [-0.2, -0.15) is 0 Å². The number of amides is 1. The molecule has 0 aromatic carbocycles. The van der Waals surface area contributed by atoms with Crippen LogP contribution in [0.5, 0.6) is 0 Å². The molecule has 2 radical (unpaired) electrons. The van der Waals surface area contributed by atoms with Gasteiger partial charge in [0.25, 0.3) is 5.91 Å². The van der Waals surface area contributed by atoms with Gasteiger partial charge in [0.1, 0.15) is 5.76 Å². The van der Waals surface area contributed by atoms with Gasteiger partial charge in [-0.25, -0.2) is 0 Å². The second-order valence-electron chi connectivity index (χ2n) is 5.51. The second-order valence-corrected chi connectivity index (χ2v) is 5.74. The average Bonchev–Trinajstić information content (AvgIpc) is 3.01. The zero-order valence-corrected chi connectivity index (χ0v) is 14.1. The number of piperazine rings is 1. The van der Waals surface area contributed by atoms with Crippen LogP contribution < -0.4 is 0 Å². The first-order valence-corrected chi connectivity index (χ1v) is 7.92. The van der Waals surface area contributed by atoms with Crippen LogP contribution in [0.3, 0.4) is 0 Å². The fraction of sp³-hybridized carbons (Fsp3) is 0.533. The largest absolute Gasteiger partial charge is 0.565 e. The number of nitrogens with zero attached hydrogens (tertiary/aromatic N) is 2. The summed E-state index contributed by atoms with van der Waals surface area (Å²) >= 11 is 0. The molecule has 2 saturated heterocycles. The number of rotatable bonds is 5. The maximum Gasteiger partial charge on any atom is 0.374 e. The molecule has 7 heteroatoms. The lowest BCUT2D eigenvalue weighted by Gasteiger charge is -2.37. The molecule has 1 unspecified atom stereocenters. The second kappa shape index (κ2) is 7.84. The van der Waals surface area contributed by atoms with Crippen molar-refractivity contribution in [2.75, 3.05) is 26.2 Å². The van der Waals surface area contributed by atoms with Gasteiger partial charge in [0.05, 0.1) is 9.47 Å². The van der Waals surface area contributed by atoms with Crippen LogP contribution in [0.1, 0.15) is 19.8 Å². The molecule has 0 aromatic heterocycles. The maximum atomic E-state index is 12.5. The summed E-state index contributed by atoms with van der Waals surface area (Å²) in [7, 11) is 7.37. The summed E-state index contributed by atoms with van der Waals surface area (Å²) < 4.78 is 9.85. The van der Waals surface area contributed by atoms with Crippen molar-refractivity contribution in [3.63, 3.8) is 0 Å². The van der Waals surface area contributed by atoms with Crippen LogP contribution in [0.25, 0.3) is 0 Å². The van der Waals surface area contributed by atoms with E-state index >= 15 is 0 Å². The normalized spacial score (nSPS) is 23.2. The van der Waals surface area contributed by atoms with Gasteiger partial charge in [0, 0.05) is 31.2 Å².